The Kier molecular flexibility index (Phi) is 5.36. The van der Waals surface area contributed by atoms with Crippen LogP contribution in [0.3, 0.4) is 0 Å². The number of nitrogens with one attached hydrogen (secondary N) is 1. The van der Waals surface area contributed by atoms with Crippen molar-refractivity contribution in [1.82, 2.24) is 9.88 Å². The Balaban J connectivity index is 2.98. The van der Waals surface area contributed by atoms with Crippen LogP contribution >= 0.6 is 0 Å². The second-order valence-electron chi connectivity index (χ2n) is 5.20. The van der Waals surface area contributed by atoms with Gasteiger partial charge in [-0.15, -0.1) is 0 Å². The normalized spacial score (nSPS) is 13.8. The van der Waals surface area contributed by atoms with Crippen molar-refractivity contribution in [2.75, 3.05) is 0 Å². The Morgan fingerprint density at radius 1 is 1.35 bits per heavy atom. The molecule has 5 heteroatoms. The average molecular weight is 280 g/mol. The smallest absolute Gasteiger partial charge is 0.326 e. The molecular weight excluding hydrogens is 256 g/mol. The molecule has 1 aromatic rings. The zero-order chi connectivity index (χ0) is 15.4. The summed E-state index contributed by atoms with van der Waals surface area (Å²) in [6.45, 7) is 10.4. The van der Waals surface area contributed by atoms with Crippen LogP contribution in [0.15, 0.2) is 6.07 Å². The zero-order valence-corrected chi connectivity index (χ0v) is 12.9. The van der Waals surface area contributed by atoms with Crippen molar-refractivity contribution in [3.05, 3.63) is 23.0 Å². The van der Waals surface area contributed by atoms with Crippen LogP contribution in [0.25, 0.3) is 0 Å². The first-order valence-corrected chi connectivity index (χ1v) is 7.03. The third-order valence-electron chi connectivity index (χ3n) is 3.90. The van der Waals surface area contributed by atoms with E-state index in [1.165, 1.54) is 0 Å². The number of nitrogens with zero attached hydrogens (tertiary/aromatic N) is 1. The minimum Gasteiger partial charge on any atom is -0.480 e. The number of aromatic nitrogens is 1. The van der Waals surface area contributed by atoms with Crippen LogP contribution in [0.5, 0.6) is 0 Å². The minimum absolute atomic E-state index is 0.105. The van der Waals surface area contributed by atoms with Crippen molar-refractivity contribution in [3.8, 4) is 0 Å². The van der Waals surface area contributed by atoms with Gasteiger partial charge < -0.3 is 15.0 Å². The van der Waals surface area contributed by atoms with E-state index in [4.69, 9.17) is 0 Å². The molecule has 0 spiro atoms. The molecule has 0 saturated carbocycles. The Bertz CT molecular complexity index is 505. The lowest BCUT2D eigenvalue weighted by Gasteiger charge is -2.20. The fourth-order valence-electron chi connectivity index (χ4n) is 2.42. The Morgan fingerprint density at radius 2 is 1.95 bits per heavy atom. The largest absolute Gasteiger partial charge is 0.480 e. The highest BCUT2D eigenvalue weighted by atomic mass is 16.4. The second-order valence-corrected chi connectivity index (χ2v) is 5.20. The Morgan fingerprint density at radius 3 is 2.35 bits per heavy atom. The number of aliphatic carboxylic acids is 1. The molecule has 2 unspecified atom stereocenters. The molecule has 0 aliphatic heterocycles. The predicted molar refractivity (Wildman–Crippen MR) is 77.9 cm³/mol. The maximum absolute atomic E-state index is 12.3. The van der Waals surface area contributed by atoms with E-state index in [1.807, 2.05) is 45.3 Å². The van der Waals surface area contributed by atoms with Gasteiger partial charge in [0.2, 0.25) is 0 Å². The van der Waals surface area contributed by atoms with E-state index in [0.29, 0.717) is 12.0 Å². The van der Waals surface area contributed by atoms with Gasteiger partial charge in [0.05, 0.1) is 5.56 Å². The van der Waals surface area contributed by atoms with Crippen LogP contribution in [0.1, 0.15) is 48.9 Å². The highest BCUT2D eigenvalue weighted by Crippen LogP contribution is 2.16. The number of hydrogen-bond donors (Lipinski definition) is 2. The summed E-state index contributed by atoms with van der Waals surface area (Å²) in [6.07, 6.45) is 0.700. The van der Waals surface area contributed by atoms with E-state index in [9.17, 15) is 14.7 Å². The molecule has 1 heterocycles. The van der Waals surface area contributed by atoms with Gasteiger partial charge in [0.1, 0.15) is 6.04 Å². The average Bonchev–Trinajstić information content (AvgIpc) is 2.69. The molecule has 1 amide bonds. The lowest BCUT2D eigenvalue weighted by atomic mass is 9.99. The van der Waals surface area contributed by atoms with Crippen LogP contribution in [-0.2, 0) is 11.3 Å². The number of carbonyl (C=O) groups excluding carboxylic acids is 1. The zero-order valence-electron chi connectivity index (χ0n) is 12.9. The predicted octanol–water partition coefficient (Wildman–Crippen LogP) is 2.35. The molecule has 20 heavy (non-hydrogen) atoms. The summed E-state index contributed by atoms with van der Waals surface area (Å²) in [5.41, 5.74) is 2.43. The molecule has 0 aliphatic carbocycles. The van der Waals surface area contributed by atoms with E-state index in [0.717, 1.165) is 17.9 Å². The number of carboxylic acid groups (broad SMARTS) is 1. The van der Waals surface area contributed by atoms with Gasteiger partial charge in [-0.25, -0.2) is 4.79 Å². The van der Waals surface area contributed by atoms with Crippen molar-refractivity contribution in [2.24, 2.45) is 5.92 Å². The highest BCUT2D eigenvalue weighted by molar-refractivity contribution is 5.97. The lowest BCUT2D eigenvalue weighted by Crippen LogP contribution is -2.45. The van der Waals surface area contributed by atoms with Gasteiger partial charge in [0.25, 0.3) is 5.91 Å². The molecule has 2 atom stereocenters. The molecule has 0 bridgehead atoms. The van der Waals surface area contributed by atoms with Gasteiger partial charge in [-0.3, -0.25) is 4.79 Å². The van der Waals surface area contributed by atoms with Crippen molar-refractivity contribution < 1.29 is 14.7 Å². The van der Waals surface area contributed by atoms with Crippen LogP contribution in [0, 0.1) is 19.8 Å². The summed E-state index contributed by atoms with van der Waals surface area (Å²) in [4.78, 5) is 23.6. The number of amides is 1. The van der Waals surface area contributed by atoms with Crippen molar-refractivity contribution in [1.29, 1.82) is 0 Å². The van der Waals surface area contributed by atoms with Gasteiger partial charge in [0, 0.05) is 17.9 Å². The molecule has 0 saturated heterocycles. The van der Waals surface area contributed by atoms with Crippen LogP contribution in [-0.4, -0.2) is 27.6 Å². The molecule has 0 aliphatic rings. The Labute approximate surface area is 120 Å². The second kappa shape index (κ2) is 6.59. The number of carbonyl (C=O) groups is 2. The van der Waals surface area contributed by atoms with E-state index >= 15 is 0 Å². The third-order valence-corrected chi connectivity index (χ3v) is 3.90. The van der Waals surface area contributed by atoms with Crippen LogP contribution in [0.4, 0.5) is 0 Å². The third kappa shape index (κ3) is 3.21. The van der Waals surface area contributed by atoms with Crippen LogP contribution < -0.4 is 5.32 Å². The van der Waals surface area contributed by atoms with Gasteiger partial charge in [-0.1, -0.05) is 20.3 Å². The molecule has 0 radical (unpaired) electrons. The minimum atomic E-state index is -0.989. The maximum atomic E-state index is 12.3. The molecule has 0 aromatic carbocycles. The molecule has 5 nitrogen and oxygen atoms in total. The van der Waals surface area contributed by atoms with E-state index < -0.39 is 12.0 Å². The quantitative estimate of drug-likeness (QED) is 0.840. The summed E-state index contributed by atoms with van der Waals surface area (Å²) >= 11 is 0. The fourth-order valence-corrected chi connectivity index (χ4v) is 2.42. The van der Waals surface area contributed by atoms with Crippen molar-refractivity contribution in [2.45, 2.75) is 53.6 Å². The topological polar surface area (TPSA) is 71.3 Å². The molecule has 0 fully saturated rings. The Hall–Kier alpha value is -1.78. The summed E-state index contributed by atoms with van der Waals surface area (Å²) in [6, 6.07) is 0.959. The first kappa shape index (κ1) is 16.3. The monoisotopic (exact) mass is 280 g/mol. The fraction of sp³-hybridized carbons (Fsp3) is 0.600. The lowest BCUT2D eigenvalue weighted by molar-refractivity contribution is -0.140. The van der Waals surface area contributed by atoms with Crippen LogP contribution in [0.2, 0.25) is 0 Å². The van der Waals surface area contributed by atoms with E-state index in [1.54, 1.807) is 0 Å². The first-order chi connectivity index (χ1) is 9.33. The van der Waals surface area contributed by atoms with Crippen molar-refractivity contribution in [3.63, 3.8) is 0 Å². The maximum Gasteiger partial charge on any atom is 0.326 e. The molecule has 2 N–H and O–H groups in total. The molecule has 1 aromatic heterocycles. The van der Waals surface area contributed by atoms with Gasteiger partial charge >= 0.3 is 5.97 Å². The number of hydrogen-bond acceptors (Lipinski definition) is 2. The molecular formula is C15H24N2O3. The van der Waals surface area contributed by atoms with Gasteiger partial charge in [-0.05, 0) is 32.8 Å². The van der Waals surface area contributed by atoms with E-state index in [2.05, 4.69) is 5.32 Å². The summed E-state index contributed by atoms with van der Waals surface area (Å²) in [5.74, 6) is -1.41. The summed E-state index contributed by atoms with van der Waals surface area (Å²) in [7, 11) is 0. The number of aryl methyl sites for hydroxylation is 1. The molecule has 1 rings (SSSR count). The van der Waals surface area contributed by atoms with Gasteiger partial charge in [0.15, 0.2) is 0 Å². The standard InChI is InChI=1S/C15H24N2O3/c1-6-9(3)13(15(19)20)16-14(18)12-8-10(4)17(7-2)11(12)5/h8-9,13H,6-7H2,1-5H3,(H,16,18)(H,19,20). The number of carboxylic acids is 1. The van der Waals surface area contributed by atoms with E-state index in [-0.39, 0.29) is 11.8 Å². The van der Waals surface area contributed by atoms with Crippen molar-refractivity contribution >= 4 is 11.9 Å². The summed E-state index contributed by atoms with van der Waals surface area (Å²) in [5, 5.41) is 11.9. The highest BCUT2D eigenvalue weighted by Gasteiger charge is 2.27. The molecule has 112 valence electrons. The number of rotatable bonds is 6. The first-order valence-electron chi connectivity index (χ1n) is 7.03. The van der Waals surface area contributed by atoms with Gasteiger partial charge in [-0.2, -0.15) is 0 Å². The SMILES string of the molecule is CCC(C)C(NC(=O)c1cc(C)n(CC)c1C)C(=O)O. The summed E-state index contributed by atoms with van der Waals surface area (Å²) < 4.78 is 2.04.